The number of nitrogens with zero attached hydrogens (tertiary/aromatic N) is 3. The van der Waals surface area contributed by atoms with Crippen LogP contribution in [0.5, 0.6) is 0 Å². The summed E-state index contributed by atoms with van der Waals surface area (Å²) < 4.78 is 17.9. The van der Waals surface area contributed by atoms with Gasteiger partial charge in [-0.15, -0.1) is 0 Å². The monoisotopic (exact) mass is 857 g/mol. The van der Waals surface area contributed by atoms with E-state index in [2.05, 4.69) is 238 Å². The third kappa shape index (κ3) is 5.81. The van der Waals surface area contributed by atoms with Gasteiger partial charge in [-0.25, -0.2) is 0 Å². The highest BCUT2D eigenvalue weighted by Gasteiger charge is 2.23. The molecule has 14 rings (SSSR count). The maximum atomic E-state index is 6.86. The Balaban J connectivity index is 0.843. The van der Waals surface area contributed by atoms with E-state index >= 15 is 0 Å². The van der Waals surface area contributed by atoms with E-state index in [0.29, 0.717) is 0 Å². The van der Waals surface area contributed by atoms with E-state index in [1.807, 2.05) is 12.1 Å². The molecule has 10 aromatic carbocycles. The first-order chi connectivity index (χ1) is 33.2. The zero-order chi connectivity index (χ0) is 44.0. The number of hydrogen-bond acceptors (Lipinski definition) is 3. The van der Waals surface area contributed by atoms with Crippen LogP contribution in [0.2, 0.25) is 0 Å². The molecule has 0 aliphatic rings. The lowest BCUT2D eigenvalue weighted by atomic mass is 10.0. The first kappa shape index (κ1) is 37.3. The normalized spacial score (nSPS) is 11.9. The zero-order valence-electron chi connectivity index (χ0n) is 36.2. The van der Waals surface area contributed by atoms with Crippen LogP contribution < -0.4 is 4.90 Å². The van der Waals surface area contributed by atoms with Crippen LogP contribution in [-0.2, 0) is 0 Å². The quantitative estimate of drug-likeness (QED) is 0.160. The Morgan fingerprint density at radius 2 is 0.910 bits per heavy atom. The molecule has 4 heterocycles. The summed E-state index contributed by atoms with van der Waals surface area (Å²) >= 11 is 0. The van der Waals surface area contributed by atoms with Gasteiger partial charge in [-0.3, -0.25) is 4.40 Å². The molecule has 0 saturated heterocycles. The summed E-state index contributed by atoms with van der Waals surface area (Å²) in [6.45, 7) is 0. The fraction of sp³-hybridized carbons (Fsp3) is 0. The Kier molecular flexibility index (Phi) is 8.21. The fourth-order valence-electron chi connectivity index (χ4n) is 10.5. The Morgan fingerprint density at radius 1 is 0.328 bits per heavy atom. The maximum Gasteiger partial charge on any atom is 0.213 e. The Morgan fingerprint density at radius 3 is 1.70 bits per heavy atom. The van der Waals surface area contributed by atoms with Crippen molar-refractivity contribution in [3.8, 4) is 39.1 Å². The number of hydrogen-bond donors (Lipinski definition) is 0. The number of benzene rings is 10. The van der Waals surface area contributed by atoms with Crippen LogP contribution in [0.15, 0.2) is 245 Å². The smallest absolute Gasteiger partial charge is 0.213 e. The van der Waals surface area contributed by atoms with E-state index in [-0.39, 0.29) is 0 Å². The van der Waals surface area contributed by atoms with Crippen LogP contribution in [0, 0.1) is 0 Å². The average Bonchev–Trinajstić information content (AvgIpc) is 4.14. The van der Waals surface area contributed by atoms with E-state index in [4.69, 9.17) is 8.83 Å². The number of para-hydroxylation sites is 6. The highest BCUT2D eigenvalue weighted by molar-refractivity contribution is 6.12. The van der Waals surface area contributed by atoms with Crippen molar-refractivity contribution in [2.24, 2.45) is 0 Å². The fourth-order valence-corrected chi connectivity index (χ4v) is 10.5. The summed E-state index contributed by atoms with van der Waals surface area (Å²) in [7, 11) is 0. The summed E-state index contributed by atoms with van der Waals surface area (Å²) in [4.78, 5) is 2.32. The third-order valence-corrected chi connectivity index (χ3v) is 13.5. The van der Waals surface area contributed by atoms with Crippen molar-refractivity contribution in [2.75, 3.05) is 4.90 Å². The second-order valence-electron chi connectivity index (χ2n) is 17.3. The lowest BCUT2D eigenvalue weighted by molar-refractivity contribution is 0.658. The lowest BCUT2D eigenvalue weighted by Crippen LogP contribution is -2.09. The number of furan rings is 1. The van der Waals surface area contributed by atoms with E-state index in [9.17, 15) is 0 Å². The number of rotatable bonds is 7. The molecule has 4 aromatic heterocycles. The summed E-state index contributed by atoms with van der Waals surface area (Å²) in [5.41, 5.74) is 19.0. The Labute approximate surface area is 385 Å². The standard InChI is InChI=1S/C62H39N3O2/c1-3-14-44(15-4-1)63(46-32-26-40(27-33-46)42-31-37-56-53(38-42)49-18-7-10-22-54(49)64(56)45-16-5-2-6-17-45)47-34-28-41(29-35-47)48-21-13-25-58-61(48)65-55-23-11-8-20-52(55)60(62(65)67-58)43-30-36-51-50-19-9-12-24-57(50)66-59(51)39-43/h1-39H. The highest BCUT2D eigenvalue weighted by atomic mass is 16.3. The predicted octanol–water partition coefficient (Wildman–Crippen LogP) is 17.3. The van der Waals surface area contributed by atoms with Gasteiger partial charge in [-0.05, 0) is 119 Å². The molecule has 5 nitrogen and oxygen atoms in total. The number of aromatic nitrogens is 2. The molecular formula is C62H39N3O2. The minimum absolute atomic E-state index is 0.813. The summed E-state index contributed by atoms with van der Waals surface area (Å²) in [6.07, 6.45) is 0. The SMILES string of the molecule is c1ccc(N(c2ccc(-c3ccc4c(c3)c3ccccc3n4-c3ccccc3)cc2)c2ccc(-c3cccc4oc5c(-c6ccc7c(c6)oc6ccccc67)c6ccccc6n5c34)cc2)cc1. The van der Waals surface area contributed by atoms with Crippen molar-refractivity contribution < 1.29 is 8.83 Å². The molecule has 0 bridgehead atoms. The Hall–Kier alpha value is -9.06. The predicted molar refractivity (Wildman–Crippen MR) is 277 cm³/mol. The van der Waals surface area contributed by atoms with Crippen LogP contribution in [0.1, 0.15) is 0 Å². The van der Waals surface area contributed by atoms with Gasteiger partial charge in [0.15, 0.2) is 5.58 Å². The Bertz CT molecular complexity index is 4190. The molecule has 0 amide bonds. The van der Waals surface area contributed by atoms with Gasteiger partial charge in [-0.1, -0.05) is 140 Å². The van der Waals surface area contributed by atoms with Crippen molar-refractivity contribution in [3.05, 3.63) is 237 Å². The van der Waals surface area contributed by atoms with Gasteiger partial charge in [-0.2, -0.15) is 0 Å². The van der Waals surface area contributed by atoms with Gasteiger partial charge >= 0.3 is 0 Å². The number of anilines is 3. The van der Waals surface area contributed by atoms with E-state index in [1.54, 1.807) is 0 Å². The second-order valence-corrected chi connectivity index (χ2v) is 17.3. The average molecular weight is 858 g/mol. The third-order valence-electron chi connectivity index (χ3n) is 13.5. The van der Waals surface area contributed by atoms with E-state index in [1.165, 1.54) is 32.9 Å². The molecule has 67 heavy (non-hydrogen) atoms. The summed E-state index contributed by atoms with van der Waals surface area (Å²) in [6, 6.07) is 84.3. The largest absolute Gasteiger partial charge is 0.456 e. The van der Waals surface area contributed by atoms with Crippen LogP contribution >= 0.6 is 0 Å². The van der Waals surface area contributed by atoms with Crippen molar-refractivity contribution in [3.63, 3.8) is 0 Å². The molecule has 0 aliphatic heterocycles. The van der Waals surface area contributed by atoms with E-state index in [0.717, 1.165) is 94.7 Å². The first-order valence-electron chi connectivity index (χ1n) is 22.7. The molecule has 0 saturated carbocycles. The van der Waals surface area contributed by atoms with Gasteiger partial charge in [0.1, 0.15) is 11.2 Å². The van der Waals surface area contributed by atoms with Gasteiger partial charge in [0.2, 0.25) is 5.71 Å². The van der Waals surface area contributed by atoms with Crippen LogP contribution in [0.3, 0.4) is 0 Å². The molecular weight excluding hydrogens is 819 g/mol. The molecule has 0 atom stereocenters. The molecule has 0 radical (unpaired) electrons. The molecule has 0 fully saturated rings. The molecule has 5 heteroatoms. The zero-order valence-corrected chi connectivity index (χ0v) is 36.2. The van der Waals surface area contributed by atoms with Crippen molar-refractivity contribution in [2.45, 2.75) is 0 Å². The van der Waals surface area contributed by atoms with Crippen molar-refractivity contribution >= 4 is 88.5 Å². The number of fused-ring (bicyclic) bond motifs is 11. The minimum atomic E-state index is 0.813. The van der Waals surface area contributed by atoms with Crippen LogP contribution in [0.25, 0.3) is 111 Å². The minimum Gasteiger partial charge on any atom is -0.456 e. The van der Waals surface area contributed by atoms with Crippen molar-refractivity contribution in [1.82, 2.24) is 8.97 Å². The molecule has 314 valence electrons. The number of oxazole rings is 1. The maximum absolute atomic E-state index is 6.86. The van der Waals surface area contributed by atoms with Crippen molar-refractivity contribution in [1.29, 1.82) is 0 Å². The first-order valence-corrected chi connectivity index (χ1v) is 22.7. The van der Waals surface area contributed by atoms with Crippen LogP contribution in [-0.4, -0.2) is 8.97 Å². The summed E-state index contributed by atoms with van der Waals surface area (Å²) in [5, 5.41) is 5.84. The molecule has 14 aromatic rings. The van der Waals surface area contributed by atoms with Gasteiger partial charge in [0, 0.05) is 55.2 Å². The van der Waals surface area contributed by atoms with Crippen LogP contribution in [0.4, 0.5) is 17.1 Å². The lowest BCUT2D eigenvalue weighted by Gasteiger charge is -2.26. The van der Waals surface area contributed by atoms with Gasteiger partial charge < -0.3 is 18.3 Å². The van der Waals surface area contributed by atoms with Gasteiger partial charge in [0.05, 0.1) is 27.6 Å². The topological polar surface area (TPSA) is 38.9 Å². The van der Waals surface area contributed by atoms with E-state index < -0.39 is 0 Å². The molecule has 0 aliphatic carbocycles. The molecule has 0 unspecified atom stereocenters. The summed E-state index contributed by atoms with van der Waals surface area (Å²) in [5.74, 6) is 0. The molecule has 0 spiro atoms. The molecule has 0 N–H and O–H groups in total. The van der Waals surface area contributed by atoms with Gasteiger partial charge in [0.25, 0.3) is 0 Å². The second kappa shape index (κ2) is 14.7. The highest BCUT2D eigenvalue weighted by Crippen LogP contribution is 2.44.